The zero-order chi connectivity index (χ0) is 10.8. The lowest BCUT2D eigenvalue weighted by atomic mass is 10.0. The van der Waals surface area contributed by atoms with Gasteiger partial charge < -0.3 is 0 Å². The van der Waals surface area contributed by atoms with Crippen LogP contribution < -0.4 is 0 Å². The molecule has 0 bridgehead atoms. The predicted octanol–water partition coefficient (Wildman–Crippen LogP) is 2.49. The Morgan fingerprint density at radius 3 is 2.57 bits per heavy atom. The third-order valence-electron chi connectivity index (χ3n) is 1.50. The van der Waals surface area contributed by atoms with Crippen LogP contribution in [0.1, 0.15) is 10.8 Å². The molecular weight excluding hydrogens is 215 g/mol. The van der Waals surface area contributed by atoms with Crippen molar-refractivity contribution in [3.63, 3.8) is 0 Å². The molecule has 0 aliphatic heterocycles. The van der Waals surface area contributed by atoms with Gasteiger partial charge in [0.05, 0.1) is 6.07 Å². The fourth-order valence-corrected chi connectivity index (χ4v) is 1.64. The number of rotatable bonds is 2. The van der Waals surface area contributed by atoms with Gasteiger partial charge in [-0.3, -0.25) is 4.79 Å². The Bertz CT molecular complexity index is 363. The van der Waals surface area contributed by atoms with Gasteiger partial charge in [-0.2, -0.15) is 18.4 Å². The molecule has 0 fully saturated rings. The maximum absolute atomic E-state index is 12.0. The standard InChI is InChI=1S/C8H4F3NOS/c9-8(10,11)7(13)5(4-12)6-2-1-3-14-6/h1-3,5H. The van der Waals surface area contributed by atoms with Gasteiger partial charge in [0.2, 0.25) is 0 Å². The number of halogens is 3. The smallest absolute Gasteiger partial charge is 0.288 e. The highest BCUT2D eigenvalue weighted by molar-refractivity contribution is 7.10. The van der Waals surface area contributed by atoms with Crippen LogP contribution in [0.25, 0.3) is 0 Å². The quantitative estimate of drug-likeness (QED) is 0.766. The molecule has 1 aromatic rings. The second-order valence-electron chi connectivity index (χ2n) is 2.44. The molecule has 1 atom stereocenters. The number of nitrogens with zero attached hydrogens (tertiary/aromatic N) is 1. The minimum absolute atomic E-state index is 0.120. The topological polar surface area (TPSA) is 40.9 Å². The van der Waals surface area contributed by atoms with Crippen molar-refractivity contribution >= 4 is 17.1 Å². The van der Waals surface area contributed by atoms with Crippen LogP contribution in [0.3, 0.4) is 0 Å². The van der Waals surface area contributed by atoms with Crippen LogP contribution >= 0.6 is 11.3 Å². The number of thiophene rings is 1. The molecule has 1 rings (SSSR count). The highest BCUT2D eigenvalue weighted by Crippen LogP contribution is 2.29. The van der Waals surface area contributed by atoms with Crippen molar-refractivity contribution in [3.05, 3.63) is 22.4 Å². The Balaban J connectivity index is 2.96. The fraction of sp³-hybridized carbons (Fsp3) is 0.250. The maximum atomic E-state index is 12.0. The number of alkyl halides is 3. The third kappa shape index (κ3) is 2.12. The van der Waals surface area contributed by atoms with E-state index in [1.54, 1.807) is 0 Å². The van der Waals surface area contributed by atoms with E-state index in [1.165, 1.54) is 23.6 Å². The van der Waals surface area contributed by atoms with Crippen molar-refractivity contribution in [2.45, 2.75) is 12.1 Å². The molecule has 1 heterocycles. The van der Waals surface area contributed by atoms with E-state index in [0.717, 1.165) is 11.3 Å². The molecule has 0 aliphatic rings. The van der Waals surface area contributed by atoms with E-state index < -0.39 is 17.9 Å². The Hall–Kier alpha value is -1.35. The van der Waals surface area contributed by atoms with Gasteiger partial charge in [0.1, 0.15) is 5.92 Å². The van der Waals surface area contributed by atoms with E-state index in [1.807, 2.05) is 0 Å². The SMILES string of the molecule is N#CC(C(=O)C(F)(F)F)c1cccs1. The number of carbonyl (C=O) groups is 1. The Kier molecular flexibility index (Phi) is 2.91. The van der Waals surface area contributed by atoms with Crippen molar-refractivity contribution < 1.29 is 18.0 Å². The highest BCUT2D eigenvalue weighted by Gasteiger charge is 2.44. The molecule has 0 radical (unpaired) electrons. The minimum Gasteiger partial charge on any atom is -0.288 e. The highest BCUT2D eigenvalue weighted by atomic mass is 32.1. The number of hydrogen-bond donors (Lipinski definition) is 0. The number of nitriles is 1. The number of ketones is 1. The van der Waals surface area contributed by atoms with Crippen molar-refractivity contribution in [2.24, 2.45) is 0 Å². The van der Waals surface area contributed by atoms with Gasteiger partial charge >= 0.3 is 6.18 Å². The van der Waals surface area contributed by atoms with Gasteiger partial charge in [-0.05, 0) is 11.4 Å². The Labute approximate surface area is 81.6 Å². The predicted molar refractivity (Wildman–Crippen MR) is 43.7 cm³/mol. The summed E-state index contributed by atoms with van der Waals surface area (Å²) in [5, 5.41) is 9.98. The molecular formula is C8H4F3NOS. The van der Waals surface area contributed by atoms with E-state index in [2.05, 4.69) is 0 Å². The molecule has 0 N–H and O–H groups in total. The molecule has 1 aromatic heterocycles. The normalized spacial score (nSPS) is 13.3. The van der Waals surface area contributed by atoms with Gasteiger partial charge in [-0.15, -0.1) is 11.3 Å². The first-order valence-electron chi connectivity index (χ1n) is 3.51. The van der Waals surface area contributed by atoms with E-state index in [0.29, 0.717) is 0 Å². The minimum atomic E-state index is -4.95. The summed E-state index contributed by atoms with van der Waals surface area (Å²) in [7, 11) is 0. The summed E-state index contributed by atoms with van der Waals surface area (Å²) in [4.78, 5) is 10.9. The van der Waals surface area contributed by atoms with Crippen LogP contribution in [0.15, 0.2) is 17.5 Å². The average Bonchev–Trinajstić information content (AvgIpc) is 2.57. The second kappa shape index (κ2) is 3.80. The third-order valence-corrected chi connectivity index (χ3v) is 2.44. The summed E-state index contributed by atoms with van der Waals surface area (Å²) < 4.78 is 35.9. The second-order valence-corrected chi connectivity index (χ2v) is 3.42. The molecule has 0 aromatic carbocycles. The maximum Gasteiger partial charge on any atom is 0.451 e. The molecule has 14 heavy (non-hydrogen) atoms. The average molecular weight is 219 g/mol. The summed E-state index contributed by atoms with van der Waals surface area (Å²) in [6, 6.07) is 4.18. The first kappa shape index (κ1) is 10.7. The lowest BCUT2D eigenvalue weighted by Gasteiger charge is -2.08. The van der Waals surface area contributed by atoms with Gasteiger partial charge in [-0.25, -0.2) is 0 Å². The van der Waals surface area contributed by atoms with E-state index in [9.17, 15) is 18.0 Å². The number of carbonyl (C=O) groups excluding carboxylic acids is 1. The molecule has 0 saturated carbocycles. The molecule has 0 saturated heterocycles. The molecule has 74 valence electrons. The zero-order valence-corrected chi connectivity index (χ0v) is 7.52. The molecule has 0 spiro atoms. The first-order valence-corrected chi connectivity index (χ1v) is 4.39. The van der Waals surface area contributed by atoms with Gasteiger partial charge in [0.15, 0.2) is 0 Å². The van der Waals surface area contributed by atoms with Crippen LogP contribution in [-0.4, -0.2) is 12.0 Å². The molecule has 1 unspecified atom stereocenters. The lowest BCUT2D eigenvalue weighted by Crippen LogP contribution is -2.27. The summed E-state index contributed by atoms with van der Waals surface area (Å²) in [6.07, 6.45) is -4.95. The van der Waals surface area contributed by atoms with E-state index >= 15 is 0 Å². The van der Waals surface area contributed by atoms with E-state index in [-0.39, 0.29) is 4.88 Å². The van der Waals surface area contributed by atoms with E-state index in [4.69, 9.17) is 5.26 Å². The summed E-state index contributed by atoms with van der Waals surface area (Å²) in [6.45, 7) is 0. The van der Waals surface area contributed by atoms with Crippen LogP contribution in [0.5, 0.6) is 0 Å². The molecule has 0 aliphatic carbocycles. The lowest BCUT2D eigenvalue weighted by molar-refractivity contribution is -0.171. The van der Waals surface area contributed by atoms with Crippen molar-refractivity contribution in [3.8, 4) is 6.07 Å². The molecule has 0 amide bonds. The fourth-order valence-electron chi connectivity index (χ4n) is 0.871. The largest absolute Gasteiger partial charge is 0.451 e. The van der Waals surface area contributed by atoms with Crippen LogP contribution in [0.4, 0.5) is 13.2 Å². The van der Waals surface area contributed by atoms with Crippen molar-refractivity contribution in [1.29, 1.82) is 5.26 Å². The van der Waals surface area contributed by atoms with Crippen molar-refractivity contribution in [1.82, 2.24) is 0 Å². The number of hydrogen-bond acceptors (Lipinski definition) is 3. The monoisotopic (exact) mass is 219 g/mol. The van der Waals surface area contributed by atoms with Crippen LogP contribution in [-0.2, 0) is 4.79 Å². The van der Waals surface area contributed by atoms with Gasteiger partial charge in [-0.1, -0.05) is 6.07 Å². The molecule has 2 nitrogen and oxygen atoms in total. The Morgan fingerprint density at radius 1 is 1.57 bits per heavy atom. The first-order chi connectivity index (χ1) is 6.46. The molecule has 6 heteroatoms. The van der Waals surface area contributed by atoms with Gasteiger partial charge in [0, 0.05) is 4.88 Å². The number of Topliss-reactive ketones (excluding diaryl/α,β-unsaturated/α-hetero) is 1. The summed E-state index contributed by atoms with van der Waals surface area (Å²) in [5.74, 6) is -3.74. The van der Waals surface area contributed by atoms with Crippen LogP contribution in [0.2, 0.25) is 0 Å². The summed E-state index contributed by atoms with van der Waals surface area (Å²) in [5.41, 5.74) is 0. The van der Waals surface area contributed by atoms with Crippen LogP contribution in [0, 0.1) is 11.3 Å². The summed E-state index contributed by atoms with van der Waals surface area (Å²) >= 11 is 0.957. The van der Waals surface area contributed by atoms with Crippen molar-refractivity contribution in [2.75, 3.05) is 0 Å². The van der Waals surface area contributed by atoms with Gasteiger partial charge in [0.25, 0.3) is 5.78 Å². The Morgan fingerprint density at radius 2 is 2.21 bits per heavy atom. The zero-order valence-electron chi connectivity index (χ0n) is 6.71.